The average Bonchev–Trinajstić information content (AvgIpc) is 2.60. The second-order valence-corrected chi connectivity index (χ2v) is 6.54. The van der Waals surface area contributed by atoms with Crippen LogP contribution in [0, 0.1) is 0 Å². The lowest BCUT2D eigenvalue weighted by molar-refractivity contribution is -0.184. The van der Waals surface area contributed by atoms with E-state index in [1.54, 1.807) is 6.92 Å². The molecule has 2 unspecified atom stereocenters. The summed E-state index contributed by atoms with van der Waals surface area (Å²) >= 11 is 0. The molecule has 2 fully saturated rings. The predicted molar refractivity (Wildman–Crippen MR) is 94.2 cm³/mol. The third kappa shape index (κ3) is 5.99. The van der Waals surface area contributed by atoms with Crippen molar-refractivity contribution in [3.8, 4) is 0 Å². The van der Waals surface area contributed by atoms with Crippen LogP contribution in [0.4, 0.5) is 13.2 Å². The maximum atomic E-state index is 13.4. The second-order valence-electron chi connectivity index (χ2n) is 6.54. The molecular weight excluding hydrogens is 373 g/mol. The number of amides is 2. The molecule has 2 atom stereocenters. The molecule has 152 valence electrons. The Bertz CT molecular complexity index is 473. The Morgan fingerprint density at radius 3 is 2.42 bits per heavy atom. The van der Waals surface area contributed by atoms with Crippen molar-refractivity contribution in [2.24, 2.45) is 0 Å². The molecule has 2 saturated heterocycles. The van der Waals surface area contributed by atoms with Gasteiger partial charge in [0.15, 0.2) is 0 Å². The molecule has 26 heavy (non-hydrogen) atoms. The van der Waals surface area contributed by atoms with E-state index >= 15 is 0 Å². The van der Waals surface area contributed by atoms with Gasteiger partial charge in [-0.1, -0.05) is 6.92 Å². The van der Waals surface area contributed by atoms with Crippen molar-refractivity contribution in [1.82, 2.24) is 20.4 Å². The minimum Gasteiger partial charge on any atom is -0.352 e. The van der Waals surface area contributed by atoms with Gasteiger partial charge in [-0.05, 0) is 19.3 Å². The van der Waals surface area contributed by atoms with Crippen molar-refractivity contribution < 1.29 is 22.8 Å². The van der Waals surface area contributed by atoms with Crippen LogP contribution < -0.4 is 10.6 Å². The normalized spacial score (nSPS) is 23.1. The fraction of sp³-hybridized carbons (Fsp3) is 0.875. The van der Waals surface area contributed by atoms with Crippen molar-refractivity contribution in [2.45, 2.75) is 50.9 Å². The van der Waals surface area contributed by atoms with E-state index in [1.165, 1.54) is 9.80 Å². The van der Waals surface area contributed by atoms with Crippen molar-refractivity contribution in [2.75, 3.05) is 39.3 Å². The van der Waals surface area contributed by atoms with Gasteiger partial charge >= 0.3 is 6.18 Å². The molecule has 0 bridgehead atoms. The molecule has 0 aromatic carbocycles. The van der Waals surface area contributed by atoms with Crippen LogP contribution in [0.5, 0.6) is 0 Å². The Hall–Kier alpha value is -1.06. The number of carbonyl (C=O) groups is 2. The van der Waals surface area contributed by atoms with Gasteiger partial charge in [0.2, 0.25) is 11.8 Å². The number of piperazine rings is 1. The van der Waals surface area contributed by atoms with E-state index in [0.29, 0.717) is 39.1 Å². The molecule has 0 radical (unpaired) electrons. The summed E-state index contributed by atoms with van der Waals surface area (Å²) in [6.07, 6.45) is -2.00. The molecule has 0 saturated carbocycles. The zero-order valence-electron chi connectivity index (χ0n) is 15.0. The van der Waals surface area contributed by atoms with Crippen LogP contribution >= 0.6 is 12.4 Å². The SMILES string of the molecule is CCC(=O)N1CCCCC1C(=O)NCC(N1CCNCC1)C(F)(F)F.Cl. The van der Waals surface area contributed by atoms with Crippen LogP contribution in [-0.2, 0) is 9.59 Å². The van der Waals surface area contributed by atoms with Gasteiger partial charge in [0.05, 0.1) is 0 Å². The van der Waals surface area contributed by atoms with E-state index in [4.69, 9.17) is 0 Å². The molecule has 0 aromatic rings. The molecule has 2 rings (SSSR count). The lowest BCUT2D eigenvalue weighted by Crippen LogP contribution is -2.59. The topological polar surface area (TPSA) is 64.7 Å². The highest BCUT2D eigenvalue weighted by atomic mass is 35.5. The number of rotatable bonds is 5. The molecule has 0 spiro atoms. The maximum absolute atomic E-state index is 13.4. The fourth-order valence-corrected chi connectivity index (χ4v) is 3.47. The average molecular weight is 401 g/mol. The van der Waals surface area contributed by atoms with E-state index in [0.717, 1.165) is 12.8 Å². The molecule has 0 aliphatic carbocycles. The monoisotopic (exact) mass is 400 g/mol. The summed E-state index contributed by atoms with van der Waals surface area (Å²) in [5.74, 6) is -0.611. The number of alkyl halides is 3. The first-order chi connectivity index (χ1) is 11.8. The smallest absolute Gasteiger partial charge is 0.352 e. The van der Waals surface area contributed by atoms with E-state index < -0.39 is 30.7 Å². The van der Waals surface area contributed by atoms with Crippen molar-refractivity contribution in [3.63, 3.8) is 0 Å². The van der Waals surface area contributed by atoms with Crippen LogP contribution in [-0.4, -0.2) is 79.1 Å². The maximum Gasteiger partial charge on any atom is 0.405 e. The highest BCUT2D eigenvalue weighted by Gasteiger charge is 2.44. The number of piperidine rings is 1. The third-order valence-electron chi connectivity index (χ3n) is 4.87. The summed E-state index contributed by atoms with van der Waals surface area (Å²) in [5.41, 5.74) is 0. The Morgan fingerprint density at radius 2 is 1.85 bits per heavy atom. The van der Waals surface area contributed by atoms with Gasteiger partial charge < -0.3 is 15.5 Å². The quantitative estimate of drug-likeness (QED) is 0.726. The highest BCUT2D eigenvalue weighted by molar-refractivity contribution is 5.87. The lowest BCUT2D eigenvalue weighted by atomic mass is 10.0. The van der Waals surface area contributed by atoms with E-state index in [9.17, 15) is 22.8 Å². The number of nitrogens with one attached hydrogen (secondary N) is 2. The van der Waals surface area contributed by atoms with Gasteiger partial charge in [-0.3, -0.25) is 14.5 Å². The zero-order valence-corrected chi connectivity index (χ0v) is 15.8. The number of hydrogen-bond donors (Lipinski definition) is 2. The summed E-state index contributed by atoms with van der Waals surface area (Å²) in [6.45, 7) is 3.33. The second kappa shape index (κ2) is 10.3. The minimum atomic E-state index is -4.41. The van der Waals surface area contributed by atoms with Gasteiger partial charge in [0.1, 0.15) is 12.1 Å². The van der Waals surface area contributed by atoms with Crippen molar-refractivity contribution >= 4 is 24.2 Å². The van der Waals surface area contributed by atoms with Crippen molar-refractivity contribution in [1.29, 1.82) is 0 Å². The summed E-state index contributed by atoms with van der Waals surface area (Å²) in [6, 6.07) is -2.35. The summed E-state index contributed by atoms with van der Waals surface area (Å²) < 4.78 is 40.1. The van der Waals surface area contributed by atoms with Gasteiger partial charge in [-0.15, -0.1) is 12.4 Å². The molecule has 2 aliphatic heterocycles. The zero-order chi connectivity index (χ0) is 18.4. The lowest BCUT2D eigenvalue weighted by Gasteiger charge is -2.37. The summed E-state index contributed by atoms with van der Waals surface area (Å²) in [7, 11) is 0. The van der Waals surface area contributed by atoms with Crippen LogP contribution in [0.2, 0.25) is 0 Å². The molecule has 2 aliphatic rings. The molecule has 0 aromatic heterocycles. The number of nitrogens with zero attached hydrogens (tertiary/aromatic N) is 2. The molecule has 10 heteroatoms. The Labute approximate surface area is 158 Å². The highest BCUT2D eigenvalue weighted by Crippen LogP contribution is 2.25. The van der Waals surface area contributed by atoms with Crippen LogP contribution in [0.3, 0.4) is 0 Å². The predicted octanol–water partition coefficient (Wildman–Crippen LogP) is 1.15. The summed E-state index contributed by atoms with van der Waals surface area (Å²) in [4.78, 5) is 27.3. The summed E-state index contributed by atoms with van der Waals surface area (Å²) in [5, 5.41) is 5.47. The van der Waals surface area contributed by atoms with Crippen LogP contribution in [0.1, 0.15) is 32.6 Å². The Morgan fingerprint density at radius 1 is 1.19 bits per heavy atom. The molecular formula is C16H28ClF3N4O2. The molecule has 2 N–H and O–H groups in total. The number of carbonyl (C=O) groups excluding carboxylic acids is 2. The van der Waals surface area contributed by atoms with Crippen LogP contribution in [0.25, 0.3) is 0 Å². The van der Waals surface area contributed by atoms with E-state index in [-0.39, 0.29) is 24.7 Å². The third-order valence-corrected chi connectivity index (χ3v) is 4.87. The first kappa shape index (κ1) is 23.0. The van der Waals surface area contributed by atoms with E-state index in [1.807, 2.05) is 0 Å². The number of hydrogen-bond acceptors (Lipinski definition) is 4. The Balaban J connectivity index is 0.00000338. The first-order valence-corrected chi connectivity index (χ1v) is 8.93. The molecule has 2 amide bonds. The van der Waals surface area contributed by atoms with Gasteiger partial charge in [0, 0.05) is 45.7 Å². The van der Waals surface area contributed by atoms with Gasteiger partial charge in [-0.2, -0.15) is 13.2 Å². The van der Waals surface area contributed by atoms with Gasteiger partial charge in [-0.25, -0.2) is 0 Å². The number of halogens is 4. The van der Waals surface area contributed by atoms with Crippen molar-refractivity contribution in [3.05, 3.63) is 0 Å². The Kier molecular flexibility index (Phi) is 9.12. The minimum absolute atomic E-state index is 0. The van der Waals surface area contributed by atoms with E-state index in [2.05, 4.69) is 10.6 Å². The molecule has 6 nitrogen and oxygen atoms in total. The number of likely N-dealkylation sites (tertiary alicyclic amines) is 1. The fourth-order valence-electron chi connectivity index (χ4n) is 3.47. The van der Waals surface area contributed by atoms with Crippen LogP contribution in [0.15, 0.2) is 0 Å². The van der Waals surface area contributed by atoms with Gasteiger partial charge in [0.25, 0.3) is 0 Å². The first-order valence-electron chi connectivity index (χ1n) is 8.93. The standard InChI is InChI=1S/C16H27F3N4O2.ClH/c1-2-14(24)23-8-4-3-5-12(23)15(25)21-11-13(16(17,18)19)22-9-6-20-7-10-22;/h12-13,20H,2-11H2,1H3,(H,21,25);1H. The molecule has 2 heterocycles. The largest absolute Gasteiger partial charge is 0.405 e.